The number of aromatic amines is 1. The highest BCUT2D eigenvalue weighted by molar-refractivity contribution is 5.96. The number of nitrogens with two attached hydrogens (primary N) is 1. The molecule has 0 unspecified atom stereocenters. The van der Waals surface area contributed by atoms with Crippen LogP contribution < -0.4 is 26.6 Å². The average molecular weight is 458 g/mol. The fourth-order valence-electron chi connectivity index (χ4n) is 2.96. The number of hydrogen-bond acceptors (Lipinski definition) is 6. The molecule has 0 aliphatic rings. The number of H-pyrrole nitrogens is 1. The van der Waals surface area contributed by atoms with E-state index in [0.717, 1.165) is 28.0 Å². The molecule has 0 aliphatic heterocycles. The summed E-state index contributed by atoms with van der Waals surface area (Å²) in [5, 5.41) is 0. The first-order chi connectivity index (χ1) is 15.1. The first-order valence-corrected chi connectivity index (χ1v) is 9.82. The number of para-hydroxylation sites is 1. The summed E-state index contributed by atoms with van der Waals surface area (Å²) in [4.78, 5) is 40.5. The number of hydrogen-bond donors (Lipinski definition) is 2. The zero-order valence-corrected chi connectivity index (χ0v) is 17.7. The van der Waals surface area contributed by atoms with Gasteiger partial charge in [0.2, 0.25) is 0 Å². The molecule has 32 heavy (non-hydrogen) atoms. The third kappa shape index (κ3) is 5.90. The monoisotopic (exact) mass is 458 g/mol. The van der Waals surface area contributed by atoms with Crippen LogP contribution in [0.5, 0.6) is 5.75 Å². The highest BCUT2D eigenvalue weighted by atomic mass is 19.4. The summed E-state index contributed by atoms with van der Waals surface area (Å²) in [6.45, 7) is 1.17. The van der Waals surface area contributed by atoms with E-state index in [1.807, 2.05) is 6.92 Å². The van der Waals surface area contributed by atoms with Crippen LogP contribution in [0, 0.1) is 0 Å². The van der Waals surface area contributed by atoms with Gasteiger partial charge in [0.05, 0.1) is 12.2 Å². The maximum atomic E-state index is 13.2. The van der Waals surface area contributed by atoms with E-state index in [-0.39, 0.29) is 31.2 Å². The number of nitrogen functional groups attached to an aromatic ring is 1. The summed E-state index contributed by atoms with van der Waals surface area (Å²) >= 11 is 0. The number of anilines is 2. The molecule has 1 heterocycles. The zero-order chi connectivity index (χ0) is 23.9. The Hall–Kier alpha value is -3.28. The number of nitrogens with zero attached hydrogens (tertiary/aromatic N) is 2. The molecule has 0 radical (unpaired) electrons. The largest absolute Gasteiger partial charge is 0.483 e. The van der Waals surface area contributed by atoms with Crippen LogP contribution in [-0.4, -0.2) is 42.3 Å². The van der Waals surface area contributed by atoms with Gasteiger partial charge in [0.1, 0.15) is 11.6 Å². The third-order valence-electron chi connectivity index (χ3n) is 4.58. The number of carbonyl (C=O) groups is 1. The minimum Gasteiger partial charge on any atom is -0.483 e. The van der Waals surface area contributed by atoms with Crippen molar-refractivity contribution < 1.29 is 27.4 Å². The van der Waals surface area contributed by atoms with E-state index in [9.17, 15) is 27.6 Å². The molecular formula is C20H25F3N4O5. The zero-order valence-electron chi connectivity index (χ0n) is 17.7. The van der Waals surface area contributed by atoms with Gasteiger partial charge in [0.15, 0.2) is 12.3 Å². The summed E-state index contributed by atoms with van der Waals surface area (Å²) < 4.78 is 50.7. The van der Waals surface area contributed by atoms with Gasteiger partial charge in [0, 0.05) is 20.2 Å². The number of carbonyl (C=O) groups excluding carboxylic acids is 1. The van der Waals surface area contributed by atoms with E-state index in [0.29, 0.717) is 6.42 Å². The summed E-state index contributed by atoms with van der Waals surface area (Å²) in [6.07, 6.45) is -3.33. The normalized spacial score (nSPS) is 11.4. The van der Waals surface area contributed by atoms with Crippen LogP contribution in [0.25, 0.3) is 0 Å². The van der Waals surface area contributed by atoms with Gasteiger partial charge in [-0.2, -0.15) is 13.2 Å². The van der Waals surface area contributed by atoms with Crippen LogP contribution in [0.2, 0.25) is 0 Å². The van der Waals surface area contributed by atoms with Crippen LogP contribution in [0.3, 0.4) is 0 Å². The number of amides is 1. The van der Waals surface area contributed by atoms with Crippen molar-refractivity contribution in [3.63, 3.8) is 0 Å². The Morgan fingerprint density at radius 1 is 1.25 bits per heavy atom. The van der Waals surface area contributed by atoms with Gasteiger partial charge in [-0.3, -0.25) is 24.0 Å². The van der Waals surface area contributed by atoms with E-state index >= 15 is 0 Å². The molecule has 0 spiro atoms. The predicted molar refractivity (Wildman–Crippen MR) is 112 cm³/mol. The van der Waals surface area contributed by atoms with Gasteiger partial charge in [-0.1, -0.05) is 25.5 Å². The lowest BCUT2D eigenvalue weighted by molar-refractivity contribution is -0.139. The number of nitrogens with one attached hydrogen (secondary N) is 1. The minimum absolute atomic E-state index is 0.00214. The average Bonchev–Trinajstić information content (AvgIpc) is 2.73. The van der Waals surface area contributed by atoms with Crippen LogP contribution >= 0.6 is 0 Å². The van der Waals surface area contributed by atoms with Gasteiger partial charge in [-0.05, 0) is 18.6 Å². The quantitative estimate of drug-likeness (QED) is 0.562. The van der Waals surface area contributed by atoms with Crippen molar-refractivity contribution in [2.45, 2.75) is 32.5 Å². The van der Waals surface area contributed by atoms with Crippen molar-refractivity contribution in [3.8, 4) is 5.75 Å². The van der Waals surface area contributed by atoms with Gasteiger partial charge in [-0.15, -0.1) is 0 Å². The van der Waals surface area contributed by atoms with Crippen LogP contribution in [0.4, 0.5) is 24.7 Å². The molecule has 0 bridgehead atoms. The number of unbranched alkanes of at least 4 members (excludes halogenated alkanes) is 1. The number of rotatable bonds is 10. The highest BCUT2D eigenvalue weighted by Crippen LogP contribution is 2.35. The molecule has 1 aromatic heterocycles. The Morgan fingerprint density at radius 3 is 2.56 bits per heavy atom. The maximum Gasteiger partial charge on any atom is 0.419 e. The molecule has 9 nitrogen and oxygen atoms in total. The lowest BCUT2D eigenvalue weighted by Crippen LogP contribution is -2.44. The smallest absolute Gasteiger partial charge is 0.419 e. The Balaban J connectivity index is 2.38. The summed E-state index contributed by atoms with van der Waals surface area (Å²) in [6, 6.07) is 4.45. The van der Waals surface area contributed by atoms with Crippen molar-refractivity contribution in [1.82, 2.24) is 9.55 Å². The molecule has 0 saturated heterocycles. The Kier molecular flexibility index (Phi) is 8.47. The van der Waals surface area contributed by atoms with E-state index in [1.54, 1.807) is 0 Å². The molecule has 1 aromatic carbocycles. The van der Waals surface area contributed by atoms with E-state index in [2.05, 4.69) is 4.98 Å². The number of ether oxygens (including phenoxy) is 2. The van der Waals surface area contributed by atoms with Crippen molar-refractivity contribution in [3.05, 3.63) is 50.7 Å². The second kappa shape index (κ2) is 10.8. The first kappa shape index (κ1) is 25.0. The van der Waals surface area contributed by atoms with Crippen molar-refractivity contribution in [2.75, 3.05) is 37.5 Å². The molecule has 12 heteroatoms. The number of benzene rings is 1. The van der Waals surface area contributed by atoms with Crippen LogP contribution in [0.1, 0.15) is 25.3 Å². The van der Waals surface area contributed by atoms with Crippen LogP contribution in [-0.2, 0) is 22.3 Å². The molecule has 1 amide bonds. The lowest BCUT2D eigenvalue weighted by atomic mass is 10.2. The Morgan fingerprint density at radius 2 is 1.94 bits per heavy atom. The van der Waals surface area contributed by atoms with Gasteiger partial charge >= 0.3 is 11.9 Å². The second-order valence-corrected chi connectivity index (χ2v) is 6.82. The molecule has 0 atom stereocenters. The number of aromatic nitrogens is 2. The van der Waals surface area contributed by atoms with Gasteiger partial charge in [0.25, 0.3) is 11.5 Å². The second-order valence-electron chi connectivity index (χ2n) is 6.82. The van der Waals surface area contributed by atoms with E-state index in [4.69, 9.17) is 15.2 Å². The fourth-order valence-corrected chi connectivity index (χ4v) is 2.96. The Bertz CT molecular complexity index is 1050. The third-order valence-corrected chi connectivity index (χ3v) is 4.58. The molecule has 2 aromatic rings. The van der Waals surface area contributed by atoms with E-state index < -0.39 is 41.3 Å². The minimum atomic E-state index is -4.67. The fraction of sp³-hybridized carbons (Fsp3) is 0.450. The highest BCUT2D eigenvalue weighted by Gasteiger charge is 2.34. The summed E-state index contributed by atoms with van der Waals surface area (Å²) in [5.74, 6) is -1.60. The molecule has 0 saturated carbocycles. The molecule has 0 aliphatic carbocycles. The summed E-state index contributed by atoms with van der Waals surface area (Å²) in [5.41, 5.74) is 3.08. The topological polar surface area (TPSA) is 120 Å². The molecule has 176 valence electrons. The molecule has 3 N–H and O–H groups in total. The molecular weight excluding hydrogens is 433 g/mol. The van der Waals surface area contributed by atoms with Crippen molar-refractivity contribution in [2.24, 2.45) is 0 Å². The number of halogens is 3. The number of methoxy groups -OCH3 is 1. The first-order valence-electron chi connectivity index (χ1n) is 9.82. The summed E-state index contributed by atoms with van der Waals surface area (Å²) in [7, 11) is 1.37. The molecule has 2 rings (SSSR count). The standard InChI is InChI=1S/C20H25F3N4O5/c1-3-4-9-27-17(24)16(18(29)25-19(27)30)26(10-11-31-2)15(28)12-32-14-8-6-5-7-13(14)20(21,22)23/h5-8H,3-4,9-12,24H2,1-2H3,(H,25,29,30). The van der Waals surface area contributed by atoms with Crippen molar-refractivity contribution in [1.29, 1.82) is 0 Å². The lowest BCUT2D eigenvalue weighted by Gasteiger charge is -2.24. The van der Waals surface area contributed by atoms with Crippen molar-refractivity contribution >= 4 is 17.4 Å². The van der Waals surface area contributed by atoms with Gasteiger partial charge < -0.3 is 15.2 Å². The molecule has 0 fully saturated rings. The SMILES string of the molecule is CCCCn1c(N)c(N(CCOC)C(=O)COc2ccccc2C(F)(F)F)c(=O)[nH]c1=O. The van der Waals surface area contributed by atoms with Gasteiger partial charge in [-0.25, -0.2) is 4.79 Å². The van der Waals surface area contributed by atoms with E-state index in [1.165, 1.54) is 19.2 Å². The van der Waals surface area contributed by atoms with Crippen LogP contribution in [0.15, 0.2) is 33.9 Å². The number of alkyl halides is 3. The Labute approximate surface area is 181 Å². The maximum absolute atomic E-state index is 13.2. The predicted octanol–water partition coefficient (Wildman–Crippen LogP) is 2.00.